The zero-order chi connectivity index (χ0) is 24.2. The van der Waals surface area contributed by atoms with Crippen molar-refractivity contribution in [2.24, 2.45) is 0 Å². The molecule has 2 atom stereocenters. The van der Waals surface area contributed by atoms with E-state index >= 15 is 0 Å². The fourth-order valence-electron chi connectivity index (χ4n) is 3.27. The van der Waals surface area contributed by atoms with Gasteiger partial charge in [-0.15, -0.1) is 10.2 Å². The van der Waals surface area contributed by atoms with Gasteiger partial charge in [-0.25, -0.2) is 4.79 Å². The van der Waals surface area contributed by atoms with Crippen molar-refractivity contribution in [3.8, 4) is 0 Å². The zero-order valence-electron chi connectivity index (χ0n) is 19.5. The van der Waals surface area contributed by atoms with E-state index in [1.165, 1.54) is 23.5 Å². The number of hydrogen-bond donors (Lipinski definition) is 0. The molecule has 1 aliphatic rings. The van der Waals surface area contributed by atoms with Crippen LogP contribution < -0.4 is 0 Å². The Kier molecular flexibility index (Phi) is 8.14. The van der Waals surface area contributed by atoms with Gasteiger partial charge in [-0.2, -0.15) is 0 Å². The summed E-state index contributed by atoms with van der Waals surface area (Å²) in [5, 5.41) is 18.8. The molecule has 0 bridgehead atoms. The molecule has 2 aromatic rings. The SMILES string of the molecule is CC(C)(C)[Si](C)(C)O[C@@H]1C[C@@H](CSc2nncs2)N(C(=O)OCc2ccc([N+](=O)[O-])cc2)C1. The number of carbonyl (C=O) groups is 1. The van der Waals surface area contributed by atoms with Crippen LogP contribution in [0, 0.1) is 10.1 Å². The molecule has 0 saturated carbocycles. The van der Waals surface area contributed by atoms with E-state index in [-0.39, 0.29) is 29.5 Å². The highest BCUT2D eigenvalue weighted by atomic mass is 32.2. The third kappa shape index (κ3) is 6.75. The molecule has 1 aromatic heterocycles. The van der Waals surface area contributed by atoms with Crippen LogP contribution >= 0.6 is 23.1 Å². The summed E-state index contributed by atoms with van der Waals surface area (Å²) in [6.45, 7) is 11.6. The van der Waals surface area contributed by atoms with Crippen molar-refractivity contribution in [3.05, 3.63) is 45.5 Å². The lowest BCUT2D eigenvalue weighted by molar-refractivity contribution is -0.384. The zero-order valence-corrected chi connectivity index (χ0v) is 22.1. The Hall–Kier alpha value is -2.02. The molecule has 3 rings (SSSR count). The minimum Gasteiger partial charge on any atom is -0.445 e. The number of amides is 1. The summed E-state index contributed by atoms with van der Waals surface area (Å²) < 4.78 is 13.0. The Bertz CT molecular complexity index is 951. The molecule has 1 amide bonds. The largest absolute Gasteiger partial charge is 0.445 e. The number of ether oxygens (including phenoxy) is 1. The number of aromatic nitrogens is 2. The van der Waals surface area contributed by atoms with Gasteiger partial charge in [0.2, 0.25) is 0 Å². The van der Waals surface area contributed by atoms with E-state index in [0.717, 1.165) is 10.8 Å². The number of rotatable bonds is 8. The maximum Gasteiger partial charge on any atom is 0.410 e. The van der Waals surface area contributed by atoms with Crippen molar-refractivity contribution in [2.45, 2.75) is 68.4 Å². The molecule has 180 valence electrons. The maximum absolute atomic E-state index is 13.0. The highest BCUT2D eigenvalue weighted by Crippen LogP contribution is 2.39. The monoisotopic (exact) mass is 510 g/mol. The molecule has 0 unspecified atom stereocenters. The summed E-state index contributed by atoms with van der Waals surface area (Å²) in [5.41, 5.74) is 2.39. The quantitative estimate of drug-likeness (QED) is 0.203. The van der Waals surface area contributed by atoms with Gasteiger partial charge in [-0.05, 0) is 42.2 Å². The summed E-state index contributed by atoms with van der Waals surface area (Å²) in [4.78, 5) is 25.1. The fourth-order valence-corrected chi connectivity index (χ4v) is 6.27. The van der Waals surface area contributed by atoms with E-state index in [1.807, 2.05) is 0 Å². The number of thioether (sulfide) groups is 1. The topological polar surface area (TPSA) is 108 Å². The van der Waals surface area contributed by atoms with Crippen LogP contribution in [0.4, 0.5) is 10.5 Å². The Balaban J connectivity index is 1.65. The number of nitro groups is 1. The molecule has 12 heteroatoms. The predicted octanol–water partition coefficient (Wildman–Crippen LogP) is 5.34. The second-order valence-electron chi connectivity index (χ2n) is 9.54. The van der Waals surface area contributed by atoms with Crippen molar-refractivity contribution in [1.82, 2.24) is 15.1 Å². The standard InChI is InChI=1S/C21H30N4O5S2Si/c1-21(2,3)33(4,5)30-18-10-17(13-31-19-23-22-14-32-19)24(11-18)20(26)29-12-15-6-8-16(9-7-15)25(27)28/h6-9,14,17-18H,10-13H2,1-5H3/t17-,18+/m0/s1. The lowest BCUT2D eigenvalue weighted by Crippen LogP contribution is -2.44. The molecule has 0 aliphatic carbocycles. The van der Waals surface area contributed by atoms with Gasteiger partial charge < -0.3 is 14.1 Å². The van der Waals surface area contributed by atoms with Gasteiger partial charge >= 0.3 is 6.09 Å². The van der Waals surface area contributed by atoms with Crippen LogP contribution in [0.15, 0.2) is 34.1 Å². The minimum absolute atomic E-state index is 0.00371. The Morgan fingerprint density at radius 1 is 1.33 bits per heavy atom. The molecule has 33 heavy (non-hydrogen) atoms. The Morgan fingerprint density at radius 2 is 2.03 bits per heavy atom. The number of nitro benzene ring substituents is 1. The maximum atomic E-state index is 13.0. The number of nitrogens with zero attached hydrogens (tertiary/aromatic N) is 4. The first-order valence-electron chi connectivity index (χ1n) is 10.7. The summed E-state index contributed by atoms with van der Waals surface area (Å²) in [6, 6.07) is 5.97. The Labute approximate surface area is 203 Å². The fraction of sp³-hybridized carbons (Fsp3) is 0.571. The van der Waals surface area contributed by atoms with E-state index in [0.29, 0.717) is 17.9 Å². The molecule has 0 spiro atoms. The third-order valence-electron chi connectivity index (χ3n) is 6.13. The minimum atomic E-state index is -1.99. The smallest absolute Gasteiger partial charge is 0.410 e. The molecular formula is C21H30N4O5S2Si. The summed E-state index contributed by atoms with van der Waals surface area (Å²) in [5.74, 6) is 0.680. The predicted molar refractivity (Wildman–Crippen MR) is 131 cm³/mol. The molecule has 1 fully saturated rings. The van der Waals surface area contributed by atoms with E-state index in [4.69, 9.17) is 9.16 Å². The van der Waals surface area contributed by atoms with Crippen LogP contribution in [-0.4, -0.2) is 58.9 Å². The number of hydrogen-bond acceptors (Lipinski definition) is 9. The second-order valence-corrected chi connectivity index (χ2v) is 16.4. The highest BCUT2D eigenvalue weighted by Gasteiger charge is 2.44. The number of carbonyl (C=O) groups excluding carboxylic acids is 1. The average molecular weight is 511 g/mol. The first-order chi connectivity index (χ1) is 15.5. The highest BCUT2D eigenvalue weighted by molar-refractivity contribution is 8.01. The molecule has 0 N–H and O–H groups in total. The first-order valence-corrected chi connectivity index (χ1v) is 15.5. The van der Waals surface area contributed by atoms with Gasteiger partial charge in [0, 0.05) is 30.5 Å². The summed E-state index contributed by atoms with van der Waals surface area (Å²) in [7, 11) is -1.99. The average Bonchev–Trinajstić information content (AvgIpc) is 3.39. The summed E-state index contributed by atoms with van der Waals surface area (Å²) in [6.07, 6.45) is 0.292. The van der Waals surface area contributed by atoms with Gasteiger partial charge in [-0.3, -0.25) is 10.1 Å². The molecule has 2 heterocycles. The van der Waals surface area contributed by atoms with E-state index in [2.05, 4.69) is 44.1 Å². The number of likely N-dealkylation sites (tertiary alicyclic amines) is 1. The third-order valence-corrected chi connectivity index (χ3v) is 12.7. The van der Waals surface area contributed by atoms with Crippen LogP contribution in [0.2, 0.25) is 18.1 Å². The van der Waals surface area contributed by atoms with E-state index in [1.54, 1.807) is 34.3 Å². The van der Waals surface area contributed by atoms with Gasteiger partial charge in [0.1, 0.15) is 12.1 Å². The van der Waals surface area contributed by atoms with Crippen molar-refractivity contribution in [1.29, 1.82) is 0 Å². The number of non-ortho nitro benzene ring substituents is 1. The normalized spacial score (nSPS) is 19.0. The second kappa shape index (κ2) is 10.5. The van der Waals surface area contributed by atoms with Crippen molar-refractivity contribution < 1.29 is 18.9 Å². The van der Waals surface area contributed by atoms with Crippen molar-refractivity contribution in [3.63, 3.8) is 0 Å². The van der Waals surface area contributed by atoms with E-state index in [9.17, 15) is 14.9 Å². The van der Waals surface area contributed by atoms with E-state index < -0.39 is 19.3 Å². The Morgan fingerprint density at radius 3 is 2.61 bits per heavy atom. The van der Waals surface area contributed by atoms with Gasteiger partial charge in [0.15, 0.2) is 12.7 Å². The molecule has 9 nitrogen and oxygen atoms in total. The van der Waals surface area contributed by atoms with Crippen LogP contribution in [0.25, 0.3) is 0 Å². The lowest BCUT2D eigenvalue weighted by atomic mass is 10.2. The first kappa shape index (κ1) is 25.6. The van der Waals surface area contributed by atoms with Crippen LogP contribution in [0.3, 0.4) is 0 Å². The molecular weight excluding hydrogens is 480 g/mol. The van der Waals surface area contributed by atoms with Gasteiger partial charge in [0.25, 0.3) is 5.69 Å². The molecule has 0 radical (unpaired) electrons. The molecule has 1 aliphatic heterocycles. The van der Waals surface area contributed by atoms with Gasteiger partial charge in [-0.1, -0.05) is 43.9 Å². The van der Waals surface area contributed by atoms with Crippen molar-refractivity contribution in [2.75, 3.05) is 12.3 Å². The van der Waals surface area contributed by atoms with Crippen LogP contribution in [-0.2, 0) is 15.8 Å². The lowest BCUT2D eigenvalue weighted by Gasteiger charge is -2.38. The van der Waals surface area contributed by atoms with Gasteiger partial charge in [0.05, 0.1) is 11.0 Å². The number of benzene rings is 1. The molecule has 1 aromatic carbocycles. The summed E-state index contributed by atoms with van der Waals surface area (Å²) >= 11 is 3.05. The van der Waals surface area contributed by atoms with Crippen LogP contribution in [0.5, 0.6) is 0 Å². The van der Waals surface area contributed by atoms with Crippen molar-refractivity contribution >= 4 is 43.2 Å². The molecule has 1 saturated heterocycles. The van der Waals surface area contributed by atoms with Crippen LogP contribution in [0.1, 0.15) is 32.8 Å².